The van der Waals surface area contributed by atoms with Crippen molar-refractivity contribution in [2.24, 2.45) is 13.0 Å². The summed E-state index contributed by atoms with van der Waals surface area (Å²) in [4.78, 5) is 27.3. The molecule has 0 saturated carbocycles. The summed E-state index contributed by atoms with van der Waals surface area (Å²) >= 11 is 0. The largest absolute Gasteiger partial charge is 0.322 e. The molecule has 4 rings (SSSR count). The van der Waals surface area contributed by atoms with Gasteiger partial charge in [-0.1, -0.05) is 0 Å². The molecule has 8 nitrogen and oxygen atoms in total. The molecule has 0 radical (unpaired) electrons. The minimum absolute atomic E-state index is 0.186. The lowest BCUT2D eigenvalue weighted by Crippen LogP contribution is -2.36. The number of amides is 1. The SMILES string of the molecule is Cc1ccn(CC2CCCNC2)c(=O)c1C(=O)Nc1ccc2nn(C)nc2c1. The van der Waals surface area contributed by atoms with Gasteiger partial charge in [0.25, 0.3) is 11.5 Å². The Hall–Kier alpha value is -3.00. The van der Waals surface area contributed by atoms with Crippen molar-refractivity contribution in [2.75, 3.05) is 18.4 Å². The molecule has 3 heterocycles. The van der Waals surface area contributed by atoms with Crippen LogP contribution < -0.4 is 16.2 Å². The highest BCUT2D eigenvalue weighted by molar-refractivity contribution is 6.05. The number of carbonyl (C=O) groups excluding carboxylic acids is 1. The zero-order valence-corrected chi connectivity index (χ0v) is 16.1. The van der Waals surface area contributed by atoms with Gasteiger partial charge >= 0.3 is 0 Å². The minimum atomic E-state index is -0.401. The normalized spacial score (nSPS) is 17.0. The summed E-state index contributed by atoms with van der Waals surface area (Å²) in [7, 11) is 1.75. The Balaban J connectivity index is 1.58. The summed E-state index contributed by atoms with van der Waals surface area (Å²) < 4.78 is 1.66. The monoisotopic (exact) mass is 380 g/mol. The van der Waals surface area contributed by atoms with E-state index in [1.165, 1.54) is 4.80 Å². The molecule has 1 aliphatic rings. The second-order valence-corrected chi connectivity index (χ2v) is 7.39. The first-order chi connectivity index (χ1) is 13.5. The topological polar surface area (TPSA) is 93.8 Å². The molecule has 1 amide bonds. The second kappa shape index (κ2) is 7.55. The Morgan fingerprint density at radius 1 is 1.29 bits per heavy atom. The van der Waals surface area contributed by atoms with Crippen LogP contribution in [0.15, 0.2) is 35.3 Å². The van der Waals surface area contributed by atoms with E-state index in [2.05, 4.69) is 20.8 Å². The van der Waals surface area contributed by atoms with Crippen LogP contribution in [0.4, 0.5) is 5.69 Å². The van der Waals surface area contributed by atoms with Crippen LogP contribution in [0.25, 0.3) is 11.0 Å². The van der Waals surface area contributed by atoms with Gasteiger partial charge < -0.3 is 15.2 Å². The van der Waals surface area contributed by atoms with Crippen molar-refractivity contribution < 1.29 is 4.79 Å². The van der Waals surface area contributed by atoms with E-state index < -0.39 is 5.91 Å². The van der Waals surface area contributed by atoms with Crippen LogP contribution in [0.5, 0.6) is 0 Å². The fraction of sp³-hybridized carbons (Fsp3) is 0.400. The Kier molecular flexibility index (Phi) is 4.95. The van der Waals surface area contributed by atoms with Gasteiger partial charge in [-0.2, -0.15) is 15.0 Å². The van der Waals surface area contributed by atoms with E-state index in [9.17, 15) is 9.59 Å². The zero-order valence-electron chi connectivity index (χ0n) is 16.1. The molecule has 1 fully saturated rings. The summed E-state index contributed by atoms with van der Waals surface area (Å²) in [6.07, 6.45) is 3.99. The summed E-state index contributed by atoms with van der Waals surface area (Å²) in [6, 6.07) is 7.15. The molecule has 3 aromatic rings. The van der Waals surface area contributed by atoms with Crippen molar-refractivity contribution >= 4 is 22.6 Å². The maximum atomic E-state index is 13.0. The van der Waals surface area contributed by atoms with Gasteiger partial charge in [0.1, 0.15) is 16.6 Å². The highest BCUT2D eigenvalue weighted by atomic mass is 16.2. The molecule has 2 aromatic heterocycles. The van der Waals surface area contributed by atoms with Crippen molar-refractivity contribution in [3.8, 4) is 0 Å². The van der Waals surface area contributed by atoms with E-state index in [1.54, 1.807) is 42.9 Å². The molecular formula is C20H24N6O2. The zero-order chi connectivity index (χ0) is 19.7. The quantitative estimate of drug-likeness (QED) is 0.718. The summed E-state index contributed by atoms with van der Waals surface area (Å²) in [5.74, 6) is 0.00555. The average Bonchev–Trinajstić information content (AvgIpc) is 3.04. The fourth-order valence-electron chi connectivity index (χ4n) is 3.74. The molecule has 1 unspecified atom stereocenters. The van der Waals surface area contributed by atoms with Crippen molar-refractivity contribution in [3.05, 3.63) is 51.9 Å². The lowest BCUT2D eigenvalue weighted by Gasteiger charge is -2.23. The van der Waals surface area contributed by atoms with Crippen LogP contribution in [-0.4, -0.2) is 38.6 Å². The van der Waals surface area contributed by atoms with Crippen molar-refractivity contribution in [1.29, 1.82) is 0 Å². The lowest BCUT2D eigenvalue weighted by molar-refractivity contribution is 0.102. The van der Waals surface area contributed by atoms with Crippen LogP contribution >= 0.6 is 0 Å². The number of aromatic nitrogens is 4. The molecule has 8 heteroatoms. The molecule has 1 aliphatic heterocycles. The number of rotatable bonds is 4. The Bertz CT molecular complexity index is 1080. The number of pyridine rings is 1. The Morgan fingerprint density at radius 3 is 2.89 bits per heavy atom. The first-order valence-electron chi connectivity index (χ1n) is 9.54. The van der Waals surface area contributed by atoms with E-state index in [1.807, 2.05) is 6.07 Å². The summed E-state index contributed by atoms with van der Waals surface area (Å²) in [6.45, 7) is 4.34. The van der Waals surface area contributed by atoms with Crippen LogP contribution in [0.3, 0.4) is 0 Å². The number of nitrogens with one attached hydrogen (secondary N) is 2. The smallest absolute Gasteiger partial charge is 0.263 e. The maximum absolute atomic E-state index is 13.0. The standard InChI is InChI=1S/C20H24N6O2/c1-13-7-9-26(12-14-4-3-8-21-11-14)20(28)18(13)19(27)22-15-5-6-16-17(10-15)24-25(2)23-16/h5-7,9-10,14,21H,3-4,8,11-12H2,1-2H3,(H,22,27). The lowest BCUT2D eigenvalue weighted by atomic mass is 9.99. The molecule has 1 saturated heterocycles. The highest BCUT2D eigenvalue weighted by Crippen LogP contribution is 2.17. The van der Waals surface area contributed by atoms with Crippen molar-refractivity contribution in [1.82, 2.24) is 24.9 Å². The number of fused-ring (bicyclic) bond motifs is 1. The molecule has 28 heavy (non-hydrogen) atoms. The average molecular weight is 380 g/mol. The van der Waals surface area contributed by atoms with Gasteiger partial charge in [-0.15, -0.1) is 0 Å². The van der Waals surface area contributed by atoms with E-state index in [0.717, 1.165) is 31.4 Å². The molecule has 1 atom stereocenters. The predicted molar refractivity (Wildman–Crippen MR) is 107 cm³/mol. The van der Waals surface area contributed by atoms with Gasteiger partial charge in [0.15, 0.2) is 0 Å². The van der Waals surface area contributed by atoms with Crippen LogP contribution in [0, 0.1) is 12.8 Å². The number of aryl methyl sites for hydroxylation is 2. The number of nitrogens with zero attached hydrogens (tertiary/aromatic N) is 4. The third-order valence-electron chi connectivity index (χ3n) is 5.19. The molecule has 1 aromatic carbocycles. The first-order valence-corrected chi connectivity index (χ1v) is 9.54. The highest BCUT2D eigenvalue weighted by Gasteiger charge is 2.19. The molecule has 2 N–H and O–H groups in total. The van der Waals surface area contributed by atoms with Crippen LogP contribution in [-0.2, 0) is 13.6 Å². The van der Waals surface area contributed by atoms with Crippen molar-refractivity contribution in [3.63, 3.8) is 0 Å². The fourth-order valence-corrected chi connectivity index (χ4v) is 3.74. The molecule has 0 spiro atoms. The third kappa shape index (κ3) is 3.68. The van der Waals surface area contributed by atoms with E-state index in [-0.39, 0.29) is 11.1 Å². The van der Waals surface area contributed by atoms with Gasteiger partial charge in [-0.05, 0) is 68.6 Å². The van der Waals surface area contributed by atoms with Crippen LogP contribution in [0.2, 0.25) is 0 Å². The second-order valence-electron chi connectivity index (χ2n) is 7.39. The van der Waals surface area contributed by atoms with E-state index in [0.29, 0.717) is 29.2 Å². The number of piperidine rings is 1. The maximum Gasteiger partial charge on any atom is 0.263 e. The molecule has 0 bridgehead atoms. The van der Waals surface area contributed by atoms with E-state index in [4.69, 9.17) is 0 Å². The Morgan fingerprint density at radius 2 is 2.11 bits per heavy atom. The Labute approximate surface area is 162 Å². The van der Waals surface area contributed by atoms with Gasteiger partial charge in [0.05, 0.1) is 0 Å². The number of hydrogen-bond donors (Lipinski definition) is 2. The van der Waals surface area contributed by atoms with Gasteiger partial charge in [-0.25, -0.2) is 0 Å². The molecule has 146 valence electrons. The number of carbonyl (C=O) groups is 1. The van der Waals surface area contributed by atoms with Gasteiger partial charge in [-0.3, -0.25) is 9.59 Å². The number of benzene rings is 1. The molecule has 0 aliphatic carbocycles. The summed E-state index contributed by atoms with van der Waals surface area (Å²) in [5.41, 5.74) is 2.63. The minimum Gasteiger partial charge on any atom is -0.322 e. The summed E-state index contributed by atoms with van der Waals surface area (Å²) in [5, 5.41) is 14.7. The van der Waals surface area contributed by atoms with E-state index >= 15 is 0 Å². The molecular weight excluding hydrogens is 356 g/mol. The van der Waals surface area contributed by atoms with Gasteiger partial charge in [0.2, 0.25) is 0 Å². The predicted octanol–water partition coefficient (Wildman–Crippen LogP) is 1.69. The third-order valence-corrected chi connectivity index (χ3v) is 5.19. The number of hydrogen-bond acceptors (Lipinski definition) is 5. The van der Waals surface area contributed by atoms with Crippen LogP contribution in [0.1, 0.15) is 28.8 Å². The first kappa shape index (κ1) is 18.4. The number of anilines is 1. The van der Waals surface area contributed by atoms with Gasteiger partial charge in [0, 0.05) is 25.5 Å². The van der Waals surface area contributed by atoms with Crippen molar-refractivity contribution in [2.45, 2.75) is 26.3 Å².